The van der Waals surface area contributed by atoms with Crippen LogP contribution in [0.5, 0.6) is 0 Å². The molecule has 1 aliphatic heterocycles. The van der Waals surface area contributed by atoms with E-state index in [1.165, 1.54) is 10.8 Å². The molecule has 2 heterocycles. The van der Waals surface area contributed by atoms with Crippen LogP contribution in [0.15, 0.2) is 48.7 Å². The summed E-state index contributed by atoms with van der Waals surface area (Å²) >= 11 is 0. The van der Waals surface area contributed by atoms with Crippen molar-refractivity contribution in [2.24, 2.45) is 0 Å². The first kappa shape index (κ1) is 14.7. The van der Waals surface area contributed by atoms with Crippen LogP contribution in [0, 0.1) is 0 Å². The molecule has 4 rings (SSSR count). The summed E-state index contributed by atoms with van der Waals surface area (Å²) < 4.78 is 12.4. The molecule has 0 atom stereocenters. The first-order valence-corrected chi connectivity index (χ1v) is 8.01. The Balaban J connectivity index is 1.96. The van der Waals surface area contributed by atoms with Crippen molar-refractivity contribution in [3.8, 4) is 0 Å². The van der Waals surface area contributed by atoms with Crippen LogP contribution in [0.3, 0.4) is 0 Å². The predicted molar refractivity (Wildman–Crippen MR) is 95.0 cm³/mol. The third-order valence-electron chi connectivity index (χ3n) is 5.16. The van der Waals surface area contributed by atoms with Gasteiger partial charge in [-0.2, -0.15) is 0 Å². The predicted octanol–water partition coefficient (Wildman–Crippen LogP) is 3.69. The first-order chi connectivity index (χ1) is 10.9. The van der Waals surface area contributed by atoms with E-state index in [1.54, 1.807) is 0 Å². The smallest absolute Gasteiger partial charge is 0.398 e. The van der Waals surface area contributed by atoms with E-state index in [0.29, 0.717) is 0 Å². The fraction of sp³-hybridized carbons (Fsp3) is 0.316. The molecule has 0 radical (unpaired) electrons. The Kier molecular flexibility index (Phi) is 3.06. The monoisotopic (exact) mass is 305 g/mol. The number of nitrogens with zero attached hydrogens (tertiary/aromatic N) is 1. The van der Waals surface area contributed by atoms with Crippen molar-refractivity contribution in [1.29, 1.82) is 0 Å². The topological polar surface area (TPSA) is 31.4 Å². The van der Waals surface area contributed by atoms with Gasteiger partial charge < -0.3 is 9.31 Å². The average Bonchev–Trinajstić information content (AvgIpc) is 2.74. The van der Waals surface area contributed by atoms with E-state index in [4.69, 9.17) is 9.31 Å². The molecule has 0 unspecified atom stereocenters. The average molecular weight is 305 g/mol. The van der Waals surface area contributed by atoms with E-state index >= 15 is 0 Å². The second kappa shape index (κ2) is 4.79. The number of benzene rings is 2. The van der Waals surface area contributed by atoms with Gasteiger partial charge in [-0.1, -0.05) is 36.4 Å². The summed E-state index contributed by atoms with van der Waals surface area (Å²) in [6.45, 7) is 8.26. The SMILES string of the molecule is CC1(C)OB(c2nccc3ccc4ccccc4c23)OC1(C)C. The van der Waals surface area contributed by atoms with Gasteiger partial charge in [-0.3, -0.25) is 4.98 Å². The van der Waals surface area contributed by atoms with Gasteiger partial charge in [0.05, 0.1) is 16.8 Å². The molecule has 0 amide bonds. The number of rotatable bonds is 1. The lowest BCUT2D eigenvalue weighted by Gasteiger charge is -2.32. The lowest BCUT2D eigenvalue weighted by atomic mass is 9.79. The molecule has 23 heavy (non-hydrogen) atoms. The molecular weight excluding hydrogens is 285 g/mol. The second-order valence-corrected chi connectivity index (χ2v) is 7.17. The van der Waals surface area contributed by atoms with Gasteiger partial charge in [-0.25, -0.2) is 0 Å². The summed E-state index contributed by atoms with van der Waals surface area (Å²) in [4.78, 5) is 4.62. The number of aromatic nitrogens is 1. The molecule has 1 aliphatic rings. The summed E-state index contributed by atoms with van der Waals surface area (Å²) in [6, 6.07) is 14.7. The molecule has 116 valence electrons. The first-order valence-electron chi connectivity index (χ1n) is 8.01. The van der Waals surface area contributed by atoms with Crippen molar-refractivity contribution in [2.75, 3.05) is 0 Å². The van der Waals surface area contributed by atoms with Crippen LogP contribution in [0.2, 0.25) is 0 Å². The molecule has 0 spiro atoms. The molecule has 0 saturated carbocycles. The number of hydrogen-bond donors (Lipinski definition) is 0. The minimum atomic E-state index is -0.450. The van der Waals surface area contributed by atoms with Gasteiger partial charge in [-0.05, 0) is 49.9 Å². The molecule has 1 saturated heterocycles. The maximum absolute atomic E-state index is 6.22. The fourth-order valence-corrected chi connectivity index (χ4v) is 3.11. The van der Waals surface area contributed by atoms with E-state index in [-0.39, 0.29) is 11.2 Å². The summed E-state index contributed by atoms with van der Waals surface area (Å²) in [5.41, 5.74) is 0.121. The van der Waals surface area contributed by atoms with Crippen molar-refractivity contribution in [3.05, 3.63) is 48.7 Å². The van der Waals surface area contributed by atoms with Crippen LogP contribution in [-0.2, 0) is 9.31 Å². The minimum absolute atomic E-state index is 0.369. The lowest BCUT2D eigenvalue weighted by molar-refractivity contribution is 0.00578. The van der Waals surface area contributed by atoms with Gasteiger partial charge in [0.2, 0.25) is 0 Å². The molecule has 3 aromatic rings. The van der Waals surface area contributed by atoms with Crippen LogP contribution >= 0.6 is 0 Å². The van der Waals surface area contributed by atoms with Crippen LogP contribution in [-0.4, -0.2) is 23.3 Å². The summed E-state index contributed by atoms with van der Waals surface area (Å²) in [5, 5.41) is 4.65. The van der Waals surface area contributed by atoms with Crippen LogP contribution in [0.25, 0.3) is 21.5 Å². The van der Waals surface area contributed by atoms with Crippen LogP contribution in [0.1, 0.15) is 27.7 Å². The van der Waals surface area contributed by atoms with Gasteiger partial charge in [0.1, 0.15) is 0 Å². The zero-order valence-corrected chi connectivity index (χ0v) is 14.0. The van der Waals surface area contributed by atoms with Crippen LogP contribution in [0.4, 0.5) is 0 Å². The highest BCUT2D eigenvalue weighted by molar-refractivity contribution is 6.65. The molecule has 1 aromatic heterocycles. The van der Waals surface area contributed by atoms with Gasteiger partial charge in [-0.15, -0.1) is 0 Å². The van der Waals surface area contributed by atoms with Crippen LogP contribution < -0.4 is 5.59 Å². The molecular formula is C19H20BNO2. The summed E-state index contributed by atoms with van der Waals surface area (Å²) in [7, 11) is -0.450. The summed E-state index contributed by atoms with van der Waals surface area (Å²) in [6.07, 6.45) is 1.83. The zero-order valence-electron chi connectivity index (χ0n) is 14.0. The number of pyridine rings is 1. The molecule has 2 aromatic carbocycles. The Hall–Kier alpha value is -1.91. The van der Waals surface area contributed by atoms with Crippen molar-refractivity contribution in [1.82, 2.24) is 4.98 Å². The van der Waals surface area contributed by atoms with Crippen molar-refractivity contribution in [3.63, 3.8) is 0 Å². The van der Waals surface area contributed by atoms with Gasteiger partial charge in [0, 0.05) is 11.6 Å². The Bertz CT molecular complexity index is 888. The van der Waals surface area contributed by atoms with Crippen molar-refractivity contribution >= 4 is 34.3 Å². The van der Waals surface area contributed by atoms with E-state index < -0.39 is 7.12 Å². The fourth-order valence-electron chi connectivity index (χ4n) is 3.11. The molecule has 0 bridgehead atoms. The largest absolute Gasteiger partial charge is 0.515 e. The Morgan fingerprint density at radius 3 is 2.22 bits per heavy atom. The third-order valence-corrected chi connectivity index (χ3v) is 5.16. The molecule has 0 aliphatic carbocycles. The van der Waals surface area contributed by atoms with E-state index in [2.05, 4.69) is 69.1 Å². The minimum Gasteiger partial charge on any atom is -0.398 e. The second-order valence-electron chi connectivity index (χ2n) is 7.17. The molecule has 1 fully saturated rings. The highest BCUT2D eigenvalue weighted by Crippen LogP contribution is 2.37. The van der Waals surface area contributed by atoms with E-state index in [0.717, 1.165) is 16.4 Å². The third kappa shape index (κ3) is 2.17. The normalized spacial score (nSPS) is 19.6. The van der Waals surface area contributed by atoms with Gasteiger partial charge in [0.15, 0.2) is 0 Å². The highest BCUT2D eigenvalue weighted by atomic mass is 16.7. The Morgan fingerprint density at radius 1 is 0.826 bits per heavy atom. The quantitative estimate of drug-likeness (QED) is 0.507. The number of fused-ring (bicyclic) bond motifs is 3. The molecule has 4 heteroatoms. The maximum Gasteiger partial charge on any atom is 0.515 e. The number of hydrogen-bond acceptors (Lipinski definition) is 3. The van der Waals surface area contributed by atoms with E-state index in [9.17, 15) is 0 Å². The summed E-state index contributed by atoms with van der Waals surface area (Å²) in [5.74, 6) is 0. The van der Waals surface area contributed by atoms with Gasteiger partial charge in [0.25, 0.3) is 0 Å². The molecule has 0 N–H and O–H groups in total. The van der Waals surface area contributed by atoms with Crippen molar-refractivity contribution in [2.45, 2.75) is 38.9 Å². The lowest BCUT2D eigenvalue weighted by Crippen LogP contribution is -2.41. The Labute approximate surface area is 136 Å². The zero-order chi connectivity index (χ0) is 16.2. The van der Waals surface area contributed by atoms with E-state index in [1.807, 2.05) is 12.3 Å². The van der Waals surface area contributed by atoms with Gasteiger partial charge >= 0.3 is 7.12 Å². The Morgan fingerprint density at radius 2 is 1.48 bits per heavy atom. The van der Waals surface area contributed by atoms with Crippen molar-refractivity contribution < 1.29 is 9.31 Å². The molecule has 3 nitrogen and oxygen atoms in total. The maximum atomic E-state index is 6.22. The highest BCUT2D eigenvalue weighted by Gasteiger charge is 2.52. The standard InChI is InChI=1S/C19H20BNO2/c1-18(2)19(3,4)23-20(22-18)17-16-14(11-12-21-17)10-9-13-7-5-6-8-15(13)16/h5-12H,1-4H3.